The first-order valence-corrected chi connectivity index (χ1v) is 11.2. The van der Waals surface area contributed by atoms with E-state index >= 15 is 0 Å². The summed E-state index contributed by atoms with van der Waals surface area (Å²) in [5, 5.41) is 21.1. The fourth-order valence-corrected chi connectivity index (χ4v) is 4.23. The minimum Gasteiger partial charge on any atom is -0.354 e. The van der Waals surface area contributed by atoms with Crippen LogP contribution in [0.15, 0.2) is 79.1 Å². The highest BCUT2D eigenvalue weighted by Gasteiger charge is 2.27. The minimum absolute atomic E-state index is 0.0807. The van der Waals surface area contributed by atoms with Gasteiger partial charge in [0.25, 0.3) is 0 Å². The van der Waals surface area contributed by atoms with Crippen molar-refractivity contribution in [2.24, 2.45) is 5.92 Å². The zero-order valence-corrected chi connectivity index (χ0v) is 18.5. The number of nitriles is 1. The molecular formula is C26H23N7O. The lowest BCUT2D eigenvalue weighted by atomic mass is 9.97. The van der Waals surface area contributed by atoms with Gasteiger partial charge >= 0.3 is 0 Å². The molecule has 0 radical (unpaired) electrons. The topological polar surface area (TPSA) is 99.7 Å². The van der Waals surface area contributed by atoms with Crippen molar-refractivity contribution in [1.82, 2.24) is 19.7 Å². The number of carbonyl (C=O) groups is 1. The molecule has 168 valence electrons. The van der Waals surface area contributed by atoms with Crippen molar-refractivity contribution >= 4 is 17.4 Å². The van der Waals surface area contributed by atoms with Crippen molar-refractivity contribution in [2.75, 3.05) is 23.3 Å². The predicted octanol–water partition coefficient (Wildman–Crippen LogP) is 4.06. The average Bonchev–Trinajstić information content (AvgIpc) is 3.40. The molecule has 1 aliphatic heterocycles. The van der Waals surface area contributed by atoms with Crippen molar-refractivity contribution in [2.45, 2.75) is 12.8 Å². The third kappa shape index (κ3) is 4.36. The number of nitrogens with one attached hydrogen (secondary N) is 1. The molecule has 0 bridgehead atoms. The maximum Gasteiger partial charge on any atom is 0.229 e. The Morgan fingerprint density at radius 3 is 2.56 bits per heavy atom. The Bertz CT molecular complexity index is 1330. The Hall–Kier alpha value is -4.51. The Morgan fingerprint density at radius 2 is 1.76 bits per heavy atom. The summed E-state index contributed by atoms with van der Waals surface area (Å²) in [6.07, 6.45) is 5.28. The lowest BCUT2D eigenvalue weighted by molar-refractivity contribution is -0.120. The molecule has 4 aromatic rings. The monoisotopic (exact) mass is 449 g/mol. The van der Waals surface area contributed by atoms with Crippen LogP contribution < -0.4 is 10.2 Å². The molecule has 1 atom stereocenters. The maximum atomic E-state index is 12.9. The number of benzene rings is 2. The van der Waals surface area contributed by atoms with Gasteiger partial charge in [-0.3, -0.25) is 9.36 Å². The number of para-hydroxylation sites is 1. The van der Waals surface area contributed by atoms with E-state index in [4.69, 9.17) is 0 Å². The molecule has 2 aromatic heterocycles. The second-order valence-corrected chi connectivity index (χ2v) is 8.17. The molecule has 0 saturated carbocycles. The summed E-state index contributed by atoms with van der Waals surface area (Å²) in [6.45, 7) is 1.36. The van der Waals surface area contributed by atoms with Crippen molar-refractivity contribution in [1.29, 1.82) is 5.26 Å². The molecular weight excluding hydrogens is 426 g/mol. The van der Waals surface area contributed by atoms with E-state index in [1.54, 1.807) is 24.4 Å². The van der Waals surface area contributed by atoms with Gasteiger partial charge in [-0.25, -0.2) is 4.98 Å². The van der Waals surface area contributed by atoms with Gasteiger partial charge in [0.1, 0.15) is 11.9 Å². The van der Waals surface area contributed by atoms with Crippen LogP contribution in [0, 0.1) is 17.2 Å². The highest BCUT2D eigenvalue weighted by atomic mass is 16.1. The third-order valence-electron chi connectivity index (χ3n) is 5.98. The van der Waals surface area contributed by atoms with Crippen LogP contribution in [0.3, 0.4) is 0 Å². The summed E-state index contributed by atoms with van der Waals surface area (Å²) in [4.78, 5) is 19.5. The second kappa shape index (κ2) is 9.55. The molecule has 2 aromatic carbocycles. The third-order valence-corrected chi connectivity index (χ3v) is 5.98. The van der Waals surface area contributed by atoms with Crippen LogP contribution in [0.4, 0.5) is 11.5 Å². The number of aromatic nitrogens is 4. The van der Waals surface area contributed by atoms with Crippen LogP contribution in [0.25, 0.3) is 17.2 Å². The zero-order valence-electron chi connectivity index (χ0n) is 18.5. The fourth-order valence-electron chi connectivity index (χ4n) is 4.23. The van der Waals surface area contributed by atoms with Crippen LogP contribution in [0.5, 0.6) is 0 Å². The number of piperidine rings is 1. The summed E-state index contributed by atoms with van der Waals surface area (Å²) in [7, 11) is 0. The first-order chi connectivity index (χ1) is 16.7. The second-order valence-electron chi connectivity index (χ2n) is 8.17. The molecule has 8 nitrogen and oxygen atoms in total. The first kappa shape index (κ1) is 21.3. The van der Waals surface area contributed by atoms with Crippen molar-refractivity contribution < 1.29 is 4.79 Å². The van der Waals surface area contributed by atoms with Crippen molar-refractivity contribution in [3.63, 3.8) is 0 Å². The van der Waals surface area contributed by atoms with E-state index in [2.05, 4.69) is 31.5 Å². The summed E-state index contributed by atoms with van der Waals surface area (Å²) in [6, 6.07) is 23.0. The zero-order chi connectivity index (χ0) is 23.3. The molecule has 1 N–H and O–H groups in total. The quantitative estimate of drug-likeness (QED) is 0.493. The van der Waals surface area contributed by atoms with E-state index in [0.29, 0.717) is 23.6 Å². The minimum atomic E-state index is -0.194. The number of anilines is 2. The molecule has 0 spiro atoms. The lowest BCUT2D eigenvalue weighted by Gasteiger charge is -2.32. The molecule has 1 amide bonds. The van der Waals surface area contributed by atoms with Crippen LogP contribution in [-0.4, -0.2) is 38.7 Å². The number of amides is 1. The van der Waals surface area contributed by atoms with Gasteiger partial charge < -0.3 is 10.2 Å². The smallest absolute Gasteiger partial charge is 0.229 e. The number of hydrogen-bond acceptors (Lipinski definition) is 6. The van der Waals surface area contributed by atoms with Gasteiger partial charge in [-0.1, -0.05) is 42.5 Å². The summed E-state index contributed by atoms with van der Waals surface area (Å²) >= 11 is 0. The van der Waals surface area contributed by atoms with Gasteiger partial charge in [-0.2, -0.15) is 5.26 Å². The van der Waals surface area contributed by atoms with Crippen LogP contribution in [-0.2, 0) is 4.79 Å². The number of carbonyl (C=O) groups excluding carboxylic acids is 1. The van der Waals surface area contributed by atoms with E-state index in [-0.39, 0.29) is 11.8 Å². The van der Waals surface area contributed by atoms with Gasteiger partial charge in [0, 0.05) is 31.0 Å². The molecule has 5 rings (SSSR count). The predicted molar refractivity (Wildman–Crippen MR) is 129 cm³/mol. The van der Waals surface area contributed by atoms with Gasteiger partial charge in [0.05, 0.1) is 17.2 Å². The summed E-state index contributed by atoms with van der Waals surface area (Å²) in [5.41, 5.74) is 2.01. The Labute approximate surface area is 197 Å². The Balaban J connectivity index is 1.29. The fraction of sp³-hybridized carbons (Fsp3) is 0.192. The van der Waals surface area contributed by atoms with Crippen molar-refractivity contribution in [3.8, 4) is 23.3 Å². The number of imidazole rings is 1. The molecule has 34 heavy (non-hydrogen) atoms. The van der Waals surface area contributed by atoms with Crippen LogP contribution in [0.1, 0.15) is 18.4 Å². The molecule has 3 heterocycles. The lowest BCUT2D eigenvalue weighted by Crippen LogP contribution is -2.41. The van der Waals surface area contributed by atoms with E-state index in [1.807, 2.05) is 59.3 Å². The van der Waals surface area contributed by atoms with Gasteiger partial charge in [-0.15, -0.1) is 10.2 Å². The number of nitrogens with zero attached hydrogens (tertiary/aromatic N) is 6. The largest absolute Gasteiger partial charge is 0.354 e. The standard InChI is InChI=1S/C26H23N7O/c27-17-20-9-4-5-11-22(20)29-26(34)21-10-6-15-32(18-21)23-12-13-24(31-30-23)33-16-14-28-25(33)19-7-2-1-3-8-19/h1-5,7-9,11-14,16,21H,6,10,15,18H2,(H,29,34). The van der Waals surface area contributed by atoms with Gasteiger partial charge in [0.2, 0.25) is 5.91 Å². The first-order valence-electron chi connectivity index (χ1n) is 11.2. The van der Waals surface area contributed by atoms with Crippen LogP contribution in [0.2, 0.25) is 0 Å². The van der Waals surface area contributed by atoms with E-state index in [9.17, 15) is 10.1 Å². The molecule has 1 saturated heterocycles. The van der Waals surface area contributed by atoms with Gasteiger partial charge in [-0.05, 0) is 37.1 Å². The average molecular weight is 450 g/mol. The van der Waals surface area contributed by atoms with E-state index in [1.165, 1.54) is 0 Å². The SMILES string of the molecule is N#Cc1ccccc1NC(=O)C1CCCN(c2ccc(-n3ccnc3-c3ccccc3)nn2)C1. The molecule has 0 aliphatic carbocycles. The van der Waals surface area contributed by atoms with Crippen LogP contribution >= 0.6 is 0 Å². The summed E-state index contributed by atoms with van der Waals surface area (Å²) < 4.78 is 1.91. The number of rotatable bonds is 5. The molecule has 1 fully saturated rings. The number of hydrogen-bond donors (Lipinski definition) is 1. The highest BCUT2D eigenvalue weighted by Crippen LogP contribution is 2.25. The molecule has 1 aliphatic rings. The molecule has 8 heteroatoms. The normalized spacial score (nSPS) is 15.5. The Morgan fingerprint density at radius 1 is 1.00 bits per heavy atom. The van der Waals surface area contributed by atoms with Crippen molar-refractivity contribution in [3.05, 3.63) is 84.7 Å². The van der Waals surface area contributed by atoms with E-state index in [0.717, 1.165) is 36.6 Å². The molecule has 1 unspecified atom stereocenters. The maximum absolute atomic E-state index is 12.9. The summed E-state index contributed by atoms with van der Waals surface area (Å²) in [5.74, 6) is 1.94. The highest BCUT2D eigenvalue weighted by molar-refractivity contribution is 5.94. The van der Waals surface area contributed by atoms with E-state index < -0.39 is 0 Å². The van der Waals surface area contributed by atoms with Gasteiger partial charge in [0.15, 0.2) is 11.6 Å². The Kier molecular flexibility index (Phi) is 5.99.